The first-order valence-electron chi connectivity index (χ1n) is 4.86. The standard InChI is InChI=1S/C11H9BrN2OS2/c12-8-3-5-17-9(8)6-14-10(15)7-2-1-4-13-11(7)16/h1-5H,6H2,(H,13,16)(H,14,15). The average Bonchev–Trinajstić information content (AvgIpc) is 2.72. The predicted octanol–water partition coefficient (Wildman–Crippen LogP) is 3.50. The van der Waals surface area contributed by atoms with Gasteiger partial charge in [-0.1, -0.05) is 12.2 Å². The van der Waals surface area contributed by atoms with Gasteiger partial charge in [0.25, 0.3) is 5.91 Å². The lowest BCUT2D eigenvalue weighted by Gasteiger charge is -2.04. The number of rotatable bonds is 3. The molecule has 0 saturated carbocycles. The van der Waals surface area contributed by atoms with Crippen molar-refractivity contribution in [2.45, 2.75) is 6.54 Å². The van der Waals surface area contributed by atoms with Gasteiger partial charge < -0.3 is 10.3 Å². The molecule has 0 radical (unpaired) electrons. The first-order valence-corrected chi connectivity index (χ1v) is 6.94. The lowest BCUT2D eigenvalue weighted by Crippen LogP contribution is -2.22. The third-order valence-corrected chi connectivity index (χ3v) is 4.43. The number of aromatic nitrogens is 1. The Bertz CT molecular complexity index is 591. The van der Waals surface area contributed by atoms with Crippen molar-refractivity contribution in [3.8, 4) is 0 Å². The summed E-state index contributed by atoms with van der Waals surface area (Å²) in [6.45, 7) is 0.501. The maximum absolute atomic E-state index is 11.9. The van der Waals surface area contributed by atoms with E-state index in [1.54, 1.807) is 29.7 Å². The van der Waals surface area contributed by atoms with Crippen LogP contribution in [0.1, 0.15) is 15.2 Å². The van der Waals surface area contributed by atoms with E-state index in [0.717, 1.165) is 9.35 Å². The first-order chi connectivity index (χ1) is 8.18. The summed E-state index contributed by atoms with van der Waals surface area (Å²) in [6.07, 6.45) is 1.70. The maximum atomic E-state index is 11.9. The van der Waals surface area contributed by atoms with Crippen LogP contribution in [0.25, 0.3) is 0 Å². The Morgan fingerprint density at radius 3 is 3.00 bits per heavy atom. The van der Waals surface area contributed by atoms with Crippen LogP contribution >= 0.6 is 39.5 Å². The molecule has 0 aromatic carbocycles. The van der Waals surface area contributed by atoms with Gasteiger partial charge in [-0.25, -0.2) is 0 Å². The van der Waals surface area contributed by atoms with Crippen molar-refractivity contribution in [2.75, 3.05) is 0 Å². The third-order valence-electron chi connectivity index (χ3n) is 2.16. The van der Waals surface area contributed by atoms with Crippen LogP contribution in [0.5, 0.6) is 0 Å². The number of carbonyl (C=O) groups excluding carboxylic acids is 1. The van der Waals surface area contributed by atoms with Crippen molar-refractivity contribution in [3.63, 3.8) is 0 Å². The summed E-state index contributed by atoms with van der Waals surface area (Å²) in [6, 6.07) is 5.42. The molecular formula is C11H9BrN2OS2. The van der Waals surface area contributed by atoms with Crippen LogP contribution < -0.4 is 5.32 Å². The number of amides is 1. The fourth-order valence-electron chi connectivity index (χ4n) is 1.31. The molecule has 2 rings (SSSR count). The van der Waals surface area contributed by atoms with E-state index in [4.69, 9.17) is 12.2 Å². The molecule has 0 saturated heterocycles. The summed E-state index contributed by atoms with van der Waals surface area (Å²) in [5, 5.41) is 4.81. The van der Waals surface area contributed by atoms with Gasteiger partial charge in [0.1, 0.15) is 4.64 Å². The molecular weight excluding hydrogens is 320 g/mol. The predicted molar refractivity (Wildman–Crippen MR) is 74.8 cm³/mol. The van der Waals surface area contributed by atoms with Gasteiger partial charge in [-0.05, 0) is 39.5 Å². The van der Waals surface area contributed by atoms with Crippen LogP contribution in [0.4, 0.5) is 0 Å². The molecule has 2 aromatic rings. The number of thiophene rings is 1. The van der Waals surface area contributed by atoms with Crippen LogP contribution in [0.2, 0.25) is 0 Å². The second-order valence-corrected chi connectivity index (χ2v) is 5.55. The number of halogens is 1. The van der Waals surface area contributed by atoms with Crippen molar-refractivity contribution in [3.05, 3.63) is 49.3 Å². The lowest BCUT2D eigenvalue weighted by atomic mass is 10.2. The van der Waals surface area contributed by atoms with E-state index in [1.807, 2.05) is 11.4 Å². The Morgan fingerprint density at radius 2 is 2.35 bits per heavy atom. The van der Waals surface area contributed by atoms with Crippen LogP contribution in [-0.2, 0) is 6.54 Å². The number of aromatic amines is 1. The molecule has 0 aliphatic heterocycles. The van der Waals surface area contributed by atoms with Gasteiger partial charge in [0.2, 0.25) is 0 Å². The van der Waals surface area contributed by atoms with Gasteiger partial charge in [0.05, 0.1) is 12.1 Å². The average molecular weight is 329 g/mol. The van der Waals surface area contributed by atoms with E-state index in [0.29, 0.717) is 16.7 Å². The minimum Gasteiger partial charge on any atom is -0.352 e. The Hall–Kier alpha value is -0.980. The van der Waals surface area contributed by atoms with Gasteiger partial charge in [0, 0.05) is 15.5 Å². The van der Waals surface area contributed by atoms with Crippen LogP contribution in [0, 0.1) is 4.64 Å². The van der Waals surface area contributed by atoms with Crippen molar-refractivity contribution in [1.29, 1.82) is 0 Å². The summed E-state index contributed by atoms with van der Waals surface area (Å²) < 4.78 is 1.47. The molecule has 3 nitrogen and oxygen atoms in total. The Morgan fingerprint density at radius 1 is 1.53 bits per heavy atom. The minimum absolute atomic E-state index is 0.160. The van der Waals surface area contributed by atoms with Gasteiger partial charge in [0.15, 0.2) is 0 Å². The van der Waals surface area contributed by atoms with E-state index in [1.165, 1.54) is 0 Å². The normalized spacial score (nSPS) is 10.2. The number of hydrogen-bond donors (Lipinski definition) is 2. The fraction of sp³-hybridized carbons (Fsp3) is 0.0909. The highest BCUT2D eigenvalue weighted by Crippen LogP contribution is 2.22. The number of hydrogen-bond acceptors (Lipinski definition) is 3. The molecule has 2 heterocycles. The quantitative estimate of drug-likeness (QED) is 0.847. The van der Waals surface area contributed by atoms with E-state index in [-0.39, 0.29) is 5.91 Å². The number of H-pyrrole nitrogens is 1. The molecule has 6 heteroatoms. The molecule has 88 valence electrons. The molecule has 0 fully saturated rings. The summed E-state index contributed by atoms with van der Waals surface area (Å²) in [7, 11) is 0. The Labute approximate surface area is 116 Å². The maximum Gasteiger partial charge on any atom is 0.254 e. The van der Waals surface area contributed by atoms with E-state index in [2.05, 4.69) is 26.2 Å². The fourth-order valence-corrected chi connectivity index (χ4v) is 2.97. The molecule has 0 unspecified atom stereocenters. The van der Waals surface area contributed by atoms with E-state index < -0.39 is 0 Å². The molecule has 17 heavy (non-hydrogen) atoms. The molecule has 0 aliphatic rings. The minimum atomic E-state index is -0.160. The zero-order valence-corrected chi connectivity index (χ0v) is 11.9. The highest BCUT2D eigenvalue weighted by Gasteiger charge is 2.08. The van der Waals surface area contributed by atoms with Gasteiger partial charge in [-0.15, -0.1) is 11.3 Å². The second kappa shape index (κ2) is 5.57. The summed E-state index contributed by atoms with van der Waals surface area (Å²) in [5.41, 5.74) is 0.496. The zero-order chi connectivity index (χ0) is 12.3. The first kappa shape index (κ1) is 12.5. The summed E-state index contributed by atoms with van der Waals surface area (Å²) >= 11 is 10.1. The van der Waals surface area contributed by atoms with Gasteiger partial charge in [-0.2, -0.15) is 0 Å². The van der Waals surface area contributed by atoms with Crippen molar-refractivity contribution < 1.29 is 4.79 Å². The van der Waals surface area contributed by atoms with Crippen LogP contribution in [0.3, 0.4) is 0 Å². The molecule has 0 bridgehead atoms. The molecule has 2 N–H and O–H groups in total. The zero-order valence-electron chi connectivity index (χ0n) is 8.70. The van der Waals surface area contributed by atoms with Gasteiger partial charge >= 0.3 is 0 Å². The summed E-state index contributed by atoms with van der Waals surface area (Å²) in [5.74, 6) is -0.160. The third kappa shape index (κ3) is 3.02. The highest BCUT2D eigenvalue weighted by atomic mass is 79.9. The van der Waals surface area contributed by atoms with Gasteiger partial charge in [-0.3, -0.25) is 4.79 Å². The SMILES string of the molecule is O=C(NCc1sccc1Br)c1ccc[nH]c1=S. The molecule has 1 amide bonds. The smallest absolute Gasteiger partial charge is 0.254 e. The molecule has 0 spiro atoms. The summed E-state index contributed by atoms with van der Waals surface area (Å²) in [4.78, 5) is 15.8. The second-order valence-electron chi connectivity index (χ2n) is 3.29. The topological polar surface area (TPSA) is 44.9 Å². The highest BCUT2D eigenvalue weighted by molar-refractivity contribution is 9.10. The number of pyridine rings is 1. The van der Waals surface area contributed by atoms with E-state index >= 15 is 0 Å². The van der Waals surface area contributed by atoms with Crippen LogP contribution in [0.15, 0.2) is 34.2 Å². The van der Waals surface area contributed by atoms with Crippen molar-refractivity contribution in [2.24, 2.45) is 0 Å². The lowest BCUT2D eigenvalue weighted by molar-refractivity contribution is 0.0950. The number of carbonyl (C=O) groups is 1. The van der Waals surface area contributed by atoms with Crippen molar-refractivity contribution >= 4 is 45.4 Å². The molecule has 0 aliphatic carbocycles. The molecule has 2 aromatic heterocycles. The number of nitrogens with one attached hydrogen (secondary N) is 2. The Kier molecular flexibility index (Phi) is 4.09. The monoisotopic (exact) mass is 328 g/mol. The molecule has 0 atom stereocenters. The van der Waals surface area contributed by atoms with E-state index in [9.17, 15) is 4.79 Å². The van der Waals surface area contributed by atoms with Crippen LogP contribution in [-0.4, -0.2) is 10.9 Å². The Balaban J connectivity index is 2.06. The van der Waals surface area contributed by atoms with Crippen molar-refractivity contribution in [1.82, 2.24) is 10.3 Å². The largest absolute Gasteiger partial charge is 0.352 e.